The summed E-state index contributed by atoms with van der Waals surface area (Å²) in [6.45, 7) is 10.1. The lowest BCUT2D eigenvalue weighted by molar-refractivity contribution is -0.118. The number of morpholine rings is 1. The maximum absolute atomic E-state index is 12.5. The first-order valence-electron chi connectivity index (χ1n) is 6.96. The van der Waals surface area contributed by atoms with E-state index in [4.69, 9.17) is 4.74 Å². The number of anilines is 1. The van der Waals surface area contributed by atoms with E-state index >= 15 is 0 Å². The summed E-state index contributed by atoms with van der Waals surface area (Å²) in [7, 11) is 0. The van der Waals surface area contributed by atoms with Crippen molar-refractivity contribution in [1.82, 2.24) is 15.1 Å². The molecule has 1 saturated heterocycles. The molecule has 1 aliphatic rings. The van der Waals surface area contributed by atoms with Gasteiger partial charge >= 0.3 is 0 Å². The molecule has 1 fully saturated rings. The van der Waals surface area contributed by atoms with Crippen LogP contribution in [0.25, 0.3) is 0 Å². The minimum Gasteiger partial charge on any atom is -0.369 e. The number of ether oxygens (including phenoxy) is 1. The minimum absolute atomic E-state index is 0.0355. The van der Waals surface area contributed by atoms with E-state index in [0.717, 1.165) is 13.0 Å². The van der Waals surface area contributed by atoms with Crippen LogP contribution in [0.2, 0.25) is 0 Å². The van der Waals surface area contributed by atoms with E-state index in [0.29, 0.717) is 23.2 Å². The number of aromatic nitrogens is 2. The maximum atomic E-state index is 12.5. The molecule has 1 unspecified atom stereocenters. The van der Waals surface area contributed by atoms with Gasteiger partial charge in [-0.3, -0.25) is 4.79 Å². The van der Waals surface area contributed by atoms with Gasteiger partial charge in [-0.2, -0.15) is 0 Å². The Labute approximate surface area is 123 Å². The Morgan fingerprint density at radius 2 is 2.30 bits per heavy atom. The van der Waals surface area contributed by atoms with Crippen molar-refractivity contribution in [1.29, 1.82) is 0 Å². The van der Waals surface area contributed by atoms with Gasteiger partial charge < -0.3 is 15.0 Å². The Morgan fingerprint density at radius 3 is 2.95 bits per heavy atom. The fourth-order valence-electron chi connectivity index (χ4n) is 2.36. The van der Waals surface area contributed by atoms with Crippen LogP contribution >= 0.6 is 11.3 Å². The van der Waals surface area contributed by atoms with Crippen molar-refractivity contribution in [2.45, 2.75) is 45.8 Å². The van der Waals surface area contributed by atoms with Gasteiger partial charge in [0, 0.05) is 19.6 Å². The number of hydrogen-bond acceptors (Lipinski definition) is 6. The summed E-state index contributed by atoms with van der Waals surface area (Å²) >= 11 is 1.31. The summed E-state index contributed by atoms with van der Waals surface area (Å²) in [5, 5.41) is 12.3. The monoisotopic (exact) mass is 298 g/mol. The molecule has 1 amide bonds. The smallest absolute Gasteiger partial charge is 0.285 e. The van der Waals surface area contributed by atoms with Crippen molar-refractivity contribution in [3.63, 3.8) is 0 Å². The Kier molecular flexibility index (Phi) is 4.59. The lowest BCUT2D eigenvalue weighted by Crippen LogP contribution is -2.53. The topological polar surface area (TPSA) is 67.4 Å². The summed E-state index contributed by atoms with van der Waals surface area (Å²) in [5.74, 6) is -0.0599. The van der Waals surface area contributed by atoms with Crippen molar-refractivity contribution >= 4 is 22.4 Å². The SMILES string of the molecule is CCCNc1nnc(C(=O)N2CC(C)OC(C)(C)C2)s1. The first kappa shape index (κ1) is 15.2. The first-order valence-corrected chi connectivity index (χ1v) is 7.77. The van der Waals surface area contributed by atoms with Crippen LogP contribution in [0.1, 0.15) is 43.9 Å². The van der Waals surface area contributed by atoms with Crippen LogP contribution in [0.5, 0.6) is 0 Å². The molecule has 7 heteroatoms. The third kappa shape index (κ3) is 3.67. The van der Waals surface area contributed by atoms with Crippen LogP contribution in [0.15, 0.2) is 0 Å². The summed E-state index contributed by atoms with van der Waals surface area (Å²) in [4.78, 5) is 14.3. The molecule has 0 saturated carbocycles. The van der Waals surface area contributed by atoms with Gasteiger partial charge in [0.1, 0.15) is 0 Å². The van der Waals surface area contributed by atoms with E-state index in [1.807, 2.05) is 20.8 Å². The molecule has 2 heterocycles. The third-order valence-electron chi connectivity index (χ3n) is 2.99. The molecule has 0 aliphatic carbocycles. The largest absolute Gasteiger partial charge is 0.369 e. The first-order chi connectivity index (χ1) is 9.41. The highest BCUT2D eigenvalue weighted by Crippen LogP contribution is 2.24. The number of carbonyl (C=O) groups is 1. The van der Waals surface area contributed by atoms with Crippen molar-refractivity contribution in [3.05, 3.63) is 5.01 Å². The molecule has 6 nitrogen and oxygen atoms in total. The molecule has 112 valence electrons. The Morgan fingerprint density at radius 1 is 1.55 bits per heavy atom. The van der Waals surface area contributed by atoms with E-state index in [1.165, 1.54) is 11.3 Å². The summed E-state index contributed by atoms with van der Waals surface area (Å²) in [6, 6.07) is 0. The van der Waals surface area contributed by atoms with E-state index in [-0.39, 0.29) is 17.6 Å². The van der Waals surface area contributed by atoms with Gasteiger partial charge in [-0.1, -0.05) is 18.3 Å². The Hall–Kier alpha value is -1.21. The van der Waals surface area contributed by atoms with Gasteiger partial charge in [-0.25, -0.2) is 0 Å². The summed E-state index contributed by atoms with van der Waals surface area (Å²) in [6.07, 6.45) is 1.05. The molecule has 1 aromatic heterocycles. The minimum atomic E-state index is -0.318. The van der Waals surface area contributed by atoms with Crippen LogP contribution < -0.4 is 5.32 Å². The van der Waals surface area contributed by atoms with Gasteiger partial charge in [-0.15, -0.1) is 10.2 Å². The fourth-order valence-corrected chi connectivity index (χ4v) is 3.09. The molecular weight excluding hydrogens is 276 g/mol. The van der Waals surface area contributed by atoms with Crippen molar-refractivity contribution < 1.29 is 9.53 Å². The fraction of sp³-hybridized carbons (Fsp3) is 0.769. The normalized spacial score (nSPS) is 21.8. The molecule has 0 aromatic carbocycles. The van der Waals surface area contributed by atoms with E-state index in [1.54, 1.807) is 4.90 Å². The second-order valence-corrected chi connectivity index (χ2v) is 6.69. The summed E-state index contributed by atoms with van der Waals surface area (Å²) < 4.78 is 5.81. The second-order valence-electron chi connectivity index (χ2n) is 5.71. The number of amides is 1. The number of nitrogens with zero attached hydrogens (tertiary/aromatic N) is 3. The summed E-state index contributed by atoms with van der Waals surface area (Å²) in [5.41, 5.74) is -0.318. The van der Waals surface area contributed by atoms with Crippen molar-refractivity contribution in [2.75, 3.05) is 25.0 Å². The van der Waals surface area contributed by atoms with Crippen LogP contribution in [0.3, 0.4) is 0 Å². The zero-order chi connectivity index (χ0) is 14.8. The molecule has 1 N–H and O–H groups in total. The number of carbonyl (C=O) groups excluding carboxylic acids is 1. The molecule has 0 bridgehead atoms. The van der Waals surface area contributed by atoms with Crippen molar-refractivity contribution in [3.8, 4) is 0 Å². The zero-order valence-electron chi connectivity index (χ0n) is 12.5. The quantitative estimate of drug-likeness (QED) is 0.921. The third-order valence-corrected chi connectivity index (χ3v) is 3.86. The van der Waals surface area contributed by atoms with Crippen molar-refractivity contribution in [2.24, 2.45) is 0 Å². The molecule has 20 heavy (non-hydrogen) atoms. The number of rotatable bonds is 4. The molecular formula is C13H22N4O2S. The Bertz CT molecular complexity index is 475. The molecule has 1 aliphatic heterocycles. The van der Waals surface area contributed by atoms with Crippen LogP contribution in [0.4, 0.5) is 5.13 Å². The molecule has 0 spiro atoms. The molecule has 0 radical (unpaired) electrons. The van der Waals surface area contributed by atoms with E-state index < -0.39 is 0 Å². The predicted molar refractivity (Wildman–Crippen MR) is 79.2 cm³/mol. The highest BCUT2D eigenvalue weighted by atomic mass is 32.1. The van der Waals surface area contributed by atoms with Crippen LogP contribution in [0, 0.1) is 0 Å². The number of hydrogen-bond donors (Lipinski definition) is 1. The Balaban J connectivity index is 2.05. The van der Waals surface area contributed by atoms with Gasteiger partial charge in [0.15, 0.2) is 0 Å². The average Bonchev–Trinajstić information content (AvgIpc) is 2.81. The van der Waals surface area contributed by atoms with Crippen LogP contribution in [-0.2, 0) is 4.74 Å². The molecule has 2 rings (SSSR count). The highest BCUT2D eigenvalue weighted by Gasteiger charge is 2.35. The lowest BCUT2D eigenvalue weighted by atomic mass is 10.1. The second kappa shape index (κ2) is 6.05. The standard InChI is InChI=1S/C13H22N4O2S/c1-5-6-14-12-16-15-10(20-12)11(18)17-7-9(2)19-13(3,4)8-17/h9H,5-8H2,1-4H3,(H,14,16). The van der Waals surface area contributed by atoms with Gasteiger partial charge in [0.25, 0.3) is 5.91 Å². The average molecular weight is 298 g/mol. The van der Waals surface area contributed by atoms with Gasteiger partial charge in [0.05, 0.1) is 11.7 Å². The van der Waals surface area contributed by atoms with E-state index in [2.05, 4.69) is 22.4 Å². The van der Waals surface area contributed by atoms with E-state index in [9.17, 15) is 4.79 Å². The zero-order valence-corrected chi connectivity index (χ0v) is 13.3. The molecule has 1 aromatic rings. The van der Waals surface area contributed by atoms with Gasteiger partial charge in [0.2, 0.25) is 10.1 Å². The highest BCUT2D eigenvalue weighted by molar-refractivity contribution is 7.17. The number of nitrogens with one attached hydrogen (secondary N) is 1. The maximum Gasteiger partial charge on any atom is 0.285 e. The molecule has 1 atom stereocenters. The van der Waals surface area contributed by atoms with Crippen LogP contribution in [-0.4, -0.2) is 52.3 Å². The predicted octanol–water partition coefficient (Wildman–Crippen LogP) is 2.00. The van der Waals surface area contributed by atoms with Gasteiger partial charge in [-0.05, 0) is 27.2 Å². The lowest BCUT2D eigenvalue weighted by Gasteiger charge is -2.41.